The number of pyridine rings is 1. The number of carbonyl (C=O) groups excluding carboxylic acids is 1. The maximum absolute atomic E-state index is 11.5. The molecule has 5 heteroatoms. The van der Waals surface area contributed by atoms with E-state index < -0.39 is 0 Å². The maximum atomic E-state index is 11.5. The summed E-state index contributed by atoms with van der Waals surface area (Å²) in [6, 6.07) is 4.55. The highest BCUT2D eigenvalue weighted by molar-refractivity contribution is 5.77. The quantitative estimate of drug-likeness (QED) is 0.886. The fourth-order valence-corrected chi connectivity index (χ4v) is 3.36. The summed E-state index contributed by atoms with van der Waals surface area (Å²) >= 11 is 0. The molecule has 1 amide bonds. The maximum Gasteiger partial charge on any atom is 0.220 e. The number of hydrogen-bond acceptors (Lipinski definition) is 4. The van der Waals surface area contributed by atoms with E-state index >= 15 is 0 Å². The predicted octanol–water partition coefficient (Wildman–Crippen LogP) is 1.60. The van der Waals surface area contributed by atoms with Gasteiger partial charge in [-0.25, -0.2) is 0 Å². The van der Waals surface area contributed by atoms with Crippen LogP contribution >= 0.6 is 0 Å². The lowest BCUT2D eigenvalue weighted by Crippen LogP contribution is -2.54. The molecule has 3 N–H and O–H groups in total. The first-order valence-electron chi connectivity index (χ1n) is 7.93. The monoisotopic (exact) mass is 288 g/mol. The van der Waals surface area contributed by atoms with Gasteiger partial charge in [-0.05, 0) is 37.3 Å². The third-order valence-corrected chi connectivity index (χ3v) is 4.78. The molecule has 1 aromatic rings. The van der Waals surface area contributed by atoms with E-state index in [-0.39, 0.29) is 11.9 Å². The average molecular weight is 288 g/mol. The molecule has 3 rings (SSSR count). The first-order valence-corrected chi connectivity index (χ1v) is 7.93. The van der Waals surface area contributed by atoms with Crippen LogP contribution in [0.1, 0.15) is 44.3 Å². The van der Waals surface area contributed by atoms with Crippen molar-refractivity contribution in [2.45, 2.75) is 44.7 Å². The minimum atomic E-state index is 0.0262. The van der Waals surface area contributed by atoms with Gasteiger partial charge in [0.1, 0.15) is 0 Å². The van der Waals surface area contributed by atoms with Gasteiger partial charge in [-0.2, -0.15) is 0 Å². The molecule has 21 heavy (non-hydrogen) atoms. The molecule has 0 bridgehead atoms. The van der Waals surface area contributed by atoms with Crippen molar-refractivity contribution in [3.05, 3.63) is 24.0 Å². The van der Waals surface area contributed by atoms with Crippen molar-refractivity contribution >= 4 is 11.6 Å². The average Bonchev–Trinajstić information content (AvgIpc) is 2.53. The Bertz CT molecular complexity index is 502. The lowest BCUT2D eigenvalue weighted by Gasteiger charge is -2.42. The molecule has 2 saturated heterocycles. The van der Waals surface area contributed by atoms with Crippen LogP contribution in [0.4, 0.5) is 5.69 Å². The van der Waals surface area contributed by atoms with E-state index in [4.69, 9.17) is 5.73 Å². The molecule has 3 heterocycles. The largest absolute Gasteiger partial charge is 0.370 e. The van der Waals surface area contributed by atoms with Crippen molar-refractivity contribution in [1.29, 1.82) is 0 Å². The molecule has 0 aromatic carbocycles. The first kappa shape index (κ1) is 14.3. The minimum Gasteiger partial charge on any atom is -0.370 e. The van der Waals surface area contributed by atoms with Crippen LogP contribution in [0.3, 0.4) is 0 Å². The number of nitrogens with zero attached hydrogens (tertiary/aromatic N) is 2. The second-order valence-electron chi connectivity index (χ2n) is 6.16. The Labute approximate surface area is 125 Å². The zero-order chi connectivity index (χ0) is 14.8. The van der Waals surface area contributed by atoms with Crippen LogP contribution in [0.15, 0.2) is 18.3 Å². The van der Waals surface area contributed by atoms with Crippen LogP contribution in [-0.4, -0.2) is 30.0 Å². The summed E-state index contributed by atoms with van der Waals surface area (Å²) in [6.45, 7) is 4.05. The predicted molar refractivity (Wildman–Crippen MR) is 82.9 cm³/mol. The fourth-order valence-electron chi connectivity index (χ4n) is 3.36. The van der Waals surface area contributed by atoms with Crippen LogP contribution < -0.4 is 16.0 Å². The van der Waals surface area contributed by atoms with Crippen molar-refractivity contribution < 1.29 is 4.79 Å². The molecular weight excluding hydrogens is 264 g/mol. The zero-order valence-electron chi connectivity index (χ0n) is 12.6. The van der Waals surface area contributed by atoms with Gasteiger partial charge in [0.2, 0.25) is 5.91 Å². The fraction of sp³-hybridized carbons (Fsp3) is 0.625. The number of nitrogens with two attached hydrogens (primary N) is 1. The lowest BCUT2D eigenvalue weighted by atomic mass is 9.85. The van der Waals surface area contributed by atoms with Crippen LogP contribution in [0.25, 0.3) is 0 Å². The van der Waals surface area contributed by atoms with Gasteiger partial charge in [-0.3, -0.25) is 9.78 Å². The van der Waals surface area contributed by atoms with Crippen LogP contribution in [0.5, 0.6) is 0 Å². The third kappa shape index (κ3) is 3.02. The van der Waals surface area contributed by atoms with Gasteiger partial charge in [0.15, 0.2) is 0 Å². The molecule has 0 radical (unpaired) electrons. The summed E-state index contributed by atoms with van der Waals surface area (Å²) in [7, 11) is 0. The normalized spacial score (nSPS) is 27.0. The molecule has 2 aliphatic heterocycles. The Hall–Kier alpha value is -1.62. The van der Waals surface area contributed by atoms with Crippen molar-refractivity contribution in [2.24, 2.45) is 11.7 Å². The van der Waals surface area contributed by atoms with E-state index in [0.717, 1.165) is 43.7 Å². The standard InChI is InChI=1S/C16H24N4O/c1-2-13(17)15-5-4-12(9-18-15)20-8-7-14-11(10-20)3-6-16(21)19-14/h4-5,9,11,13-14H,2-3,6-8,10,17H2,1H3,(H,19,21). The van der Waals surface area contributed by atoms with Gasteiger partial charge >= 0.3 is 0 Å². The van der Waals surface area contributed by atoms with Crippen LogP contribution in [0.2, 0.25) is 0 Å². The Morgan fingerprint density at radius 1 is 1.48 bits per heavy atom. The van der Waals surface area contributed by atoms with E-state index in [2.05, 4.69) is 28.2 Å². The molecule has 2 aliphatic rings. The zero-order valence-corrected chi connectivity index (χ0v) is 12.6. The van der Waals surface area contributed by atoms with E-state index in [0.29, 0.717) is 18.4 Å². The molecule has 1 aromatic heterocycles. The highest BCUT2D eigenvalue weighted by atomic mass is 16.1. The van der Waals surface area contributed by atoms with E-state index in [1.807, 2.05) is 12.3 Å². The molecular formula is C16H24N4O. The summed E-state index contributed by atoms with van der Waals surface area (Å²) < 4.78 is 0. The number of anilines is 1. The molecule has 0 aliphatic carbocycles. The minimum absolute atomic E-state index is 0.0262. The number of piperidine rings is 2. The molecule has 3 unspecified atom stereocenters. The van der Waals surface area contributed by atoms with Crippen molar-refractivity contribution in [3.63, 3.8) is 0 Å². The van der Waals surface area contributed by atoms with E-state index in [1.165, 1.54) is 0 Å². The number of amides is 1. The first-order chi connectivity index (χ1) is 10.2. The van der Waals surface area contributed by atoms with Crippen molar-refractivity contribution in [2.75, 3.05) is 18.0 Å². The summed E-state index contributed by atoms with van der Waals surface area (Å²) in [5.74, 6) is 0.776. The molecule has 2 fully saturated rings. The third-order valence-electron chi connectivity index (χ3n) is 4.78. The Kier molecular flexibility index (Phi) is 4.10. The van der Waals surface area contributed by atoms with Gasteiger partial charge in [0.05, 0.1) is 17.6 Å². The molecule has 0 spiro atoms. The van der Waals surface area contributed by atoms with Gasteiger partial charge < -0.3 is 16.0 Å². The summed E-state index contributed by atoms with van der Waals surface area (Å²) in [5, 5.41) is 3.12. The molecule has 0 saturated carbocycles. The summed E-state index contributed by atoms with van der Waals surface area (Å²) in [6.07, 6.45) is 5.52. The van der Waals surface area contributed by atoms with Crippen LogP contribution in [-0.2, 0) is 4.79 Å². The number of hydrogen-bond donors (Lipinski definition) is 2. The van der Waals surface area contributed by atoms with Crippen molar-refractivity contribution in [3.8, 4) is 0 Å². The number of nitrogens with one attached hydrogen (secondary N) is 1. The smallest absolute Gasteiger partial charge is 0.220 e. The van der Waals surface area contributed by atoms with Crippen molar-refractivity contribution in [1.82, 2.24) is 10.3 Å². The Morgan fingerprint density at radius 2 is 2.33 bits per heavy atom. The number of carbonyl (C=O) groups is 1. The number of aromatic nitrogens is 1. The summed E-state index contributed by atoms with van der Waals surface area (Å²) in [4.78, 5) is 18.3. The highest BCUT2D eigenvalue weighted by Gasteiger charge is 2.33. The second-order valence-corrected chi connectivity index (χ2v) is 6.16. The molecule has 5 nitrogen and oxygen atoms in total. The number of fused-ring (bicyclic) bond motifs is 1. The van der Waals surface area contributed by atoms with Gasteiger partial charge in [0.25, 0.3) is 0 Å². The Morgan fingerprint density at radius 3 is 3.05 bits per heavy atom. The van der Waals surface area contributed by atoms with Gasteiger partial charge in [0, 0.05) is 31.6 Å². The second kappa shape index (κ2) is 6.02. The number of rotatable bonds is 3. The topological polar surface area (TPSA) is 71.2 Å². The Balaban J connectivity index is 1.66. The van der Waals surface area contributed by atoms with E-state index in [9.17, 15) is 4.79 Å². The molecule has 114 valence electrons. The van der Waals surface area contributed by atoms with Gasteiger partial charge in [-0.1, -0.05) is 6.92 Å². The summed E-state index contributed by atoms with van der Waals surface area (Å²) in [5.41, 5.74) is 8.13. The van der Waals surface area contributed by atoms with E-state index in [1.54, 1.807) is 0 Å². The van der Waals surface area contributed by atoms with Gasteiger partial charge in [-0.15, -0.1) is 0 Å². The highest BCUT2D eigenvalue weighted by Crippen LogP contribution is 2.28. The lowest BCUT2D eigenvalue weighted by molar-refractivity contribution is -0.124. The van der Waals surface area contributed by atoms with Crippen LogP contribution in [0, 0.1) is 5.92 Å². The molecule has 3 atom stereocenters. The SMILES string of the molecule is CCC(N)c1ccc(N2CCC3NC(=O)CCC3C2)cn1.